The third kappa shape index (κ3) is 5.07. The Balaban J connectivity index is 2.31. The van der Waals surface area contributed by atoms with Crippen LogP contribution in [0.4, 0.5) is 5.82 Å². The van der Waals surface area contributed by atoms with E-state index in [1.165, 1.54) is 12.4 Å². The first-order chi connectivity index (χ1) is 8.63. The lowest BCUT2D eigenvalue weighted by atomic mass is 10.3. The number of hydrazine groups is 1. The molecule has 0 unspecified atom stereocenters. The van der Waals surface area contributed by atoms with Crippen molar-refractivity contribution in [1.29, 1.82) is 0 Å². The Hall–Kier alpha value is -1.73. The molecule has 1 aromatic rings. The Morgan fingerprint density at radius 2 is 2.17 bits per heavy atom. The zero-order chi connectivity index (χ0) is 13.4. The maximum absolute atomic E-state index is 11.7. The number of nitrogens with one attached hydrogen (secondary N) is 2. The van der Waals surface area contributed by atoms with Gasteiger partial charge in [-0.3, -0.25) is 9.78 Å². The van der Waals surface area contributed by atoms with Crippen LogP contribution >= 0.6 is 0 Å². The molecule has 1 rings (SSSR count). The average Bonchev–Trinajstić information content (AvgIpc) is 2.37. The highest BCUT2D eigenvalue weighted by molar-refractivity contribution is 5.92. The second kappa shape index (κ2) is 7.57. The van der Waals surface area contributed by atoms with Crippen LogP contribution in [0.1, 0.15) is 23.3 Å². The van der Waals surface area contributed by atoms with E-state index >= 15 is 0 Å². The number of nitrogens with two attached hydrogens (primary N) is 1. The predicted molar refractivity (Wildman–Crippen MR) is 70.0 cm³/mol. The number of carbonyl (C=O) groups excluding carboxylic acids is 1. The Kier molecular flexibility index (Phi) is 6.03. The van der Waals surface area contributed by atoms with E-state index in [1.807, 2.05) is 14.1 Å². The number of carbonyl (C=O) groups is 1. The van der Waals surface area contributed by atoms with Gasteiger partial charge >= 0.3 is 0 Å². The Morgan fingerprint density at radius 1 is 1.39 bits per heavy atom. The van der Waals surface area contributed by atoms with Gasteiger partial charge in [0.25, 0.3) is 5.91 Å². The lowest BCUT2D eigenvalue weighted by Crippen LogP contribution is -2.26. The first-order valence-corrected chi connectivity index (χ1v) is 5.85. The summed E-state index contributed by atoms with van der Waals surface area (Å²) in [5.41, 5.74) is 2.61. The number of amides is 1. The van der Waals surface area contributed by atoms with Crippen LogP contribution in [0.3, 0.4) is 0 Å². The van der Waals surface area contributed by atoms with Crippen LogP contribution < -0.4 is 16.6 Å². The number of anilines is 1. The van der Waals surface area contributed by atoms with Gasteiger partial charge in [0, 0.05) is 6.54 Å². The summed E-state index contributed by atoms with van der Waals surface area (Å²) in [6.07, 6.45) is 4.85. The second-order valence-electron chi connectivity index (χ2n) is 4.20. The summed E-state index contributed by atoms with van der Waals surface area (Å²) >= 11 is 0. The van der Waals surface area contributed by atoms with Gasteiger partial charge in [-0.25, -0.2) is 10.8 Å². The predicted octanol–water partition coefficient (Wildman–Crippen LogP) is -0.166. The van der Waals surface area contributed by atoms with Crippen molar-refractivity contribution in [3.8, 4) is 0 Å². The van der Waals surface area contributed by atoms with Crippen molar-refractivity contribution in [2.24, 2.45) is 5.84 Å². The highest BCUT2D eigenvalue weighted by Gasteiger charge is 2.07. The maximum atomic E-state index is 11.7. The van der Waals surface area contributed by atoms with E-state index in [-0.39, 0.29) is 11.6 Å². The van der Waals surface area contributed by atoms with E-state index in [2.05, 4.69) is 25.6 Å². The number of nitrogen functional groups attached to an aromatic ring is 1. The number of rotatable bonds is 7. The number of hydrogen-bond donors (Lipinski definition) is 3. The summed E-state index contributed by atoms with van der Waals surface area (Å²) in [7, 11) is 4.05. The molecule has 18 heavy (non-hydrogen) atoms. The molecule has 1 aromatic heterocycles. The van der Waals surface area contributed by atoms with Crippen molar-refractivity contribution >= 4 is 11.7 Å². The van der Waals surface area contributed by atoms with Crippen molar-refractivity contribution < 1.29 is 4.79 Å². The maximum Gasteiger partial charge on any atom is 0.271 e. The SMILES string of the molecule is CN(C)CCCCNC(=O)c1cncc(NN)n1. The van der Waals surface area contributed by atoms with Crippen LogP contribution in [-0.4, -0.2) is 48.0 Å². The molecule has 0 bridgehead atoms. The normalized spacial score (nSPS) is 10.4. The highest BCUT2D eigenvalue weighted by atomic mass is 16.1. The van der Waals surface area contributed by atoms with Crippen molar-refractivity contribution in [2.75, 3.05) is 32.6 Å². The molecule has 1 amide bonds. The largest absolute Gasteiger partial charge is 0.351 e. The standard InChI is InChI=1S/C11H20N6O/c1-17(2)6-4-3-5-14-11(18)9-7-13-8-10(15-9)16-12/h7-8H,3-6,12H2,1-2H3,(H,14,18)(H,15,16). The summed E-state index contributed by atoms with van der Waals surface area (Å²) in [4.78, 5) is 21.7. The molecule has 0 aliphatic carbocycles. The molecule has 100 valence electrons. The van der Waals surface area contributed by atoms with Crippen LogP contribution in [0.5, 0.6) is 0 Å². The van der Waals surface area contributed by atoms with Gasteiger partial charge in [0.1, 0.15) is 5.69 Å². The molecule has 0 saturated carbocycles. The van der Waals surface area contributed by atoms with E-state index in [1.54, 1.807) is 0 Å². The van der Waals surface area contributed by atoms with E-state index in [9.17, 15) is 4.79 Å². The van der Waals surface area contributed by atoms with Gasteiger partial charge in [0.05, 0.1) is 12.4 Å². The molecule has 0 aliphatic rings. The van der Waals surface area contributed by atoms with Crippen molar-refractivity contribution in [3.63, 3.8) is 0 Å². The highest BCUT2D eigenvalue weighted by Crippen LogP contribution is 2.00. The molecule has 0 radical (unpaired) electrons. The minimum atomic E-state index is -0.232. The summed E-state index contributed by atoms with van der Waals surface area (Å²) in [6, 6.07) is 0. The summed E-state index contributed by atoms with van der Waals surface area (Å²) < 4.78 is 0. The van der Waals surface area contributed by atoms with E-state index in [0.29, 0.717) is 12.4 Å². The fourth-order valence-corrected chi connectivity index (χ4v) is 1.39. The molecular weight excluding hydrogens is 232 g/mol. The number of hydrogen-bond acceptors (Lipinski definition) is 6. The molecule has 0 spiro atoms. The summed E-state index contributed by atoms with van der Waals surface area (Å²) in [5.74, 6) is 5.34. The minimum Gasteiger partial charge on any atom is -0.351 e. The number of nitrogens with zero attached hydrogens (tertiary/aromatic N) is 3. The molecule has 7 nitrogen and oxygen atoms in total. The molecule has 0 saturated heterocycles. The van der Waals surface area contributed by atoms with Gasteiger partial charge in [0.2, 0.25) is 0 Å². The third-order valence-corrected chi connectivity index (χ3v) is 2.33. The molecule has 0 fully saturated rings. The Morgan fingerprint density at radius 3 is 2.83 bits per heavy atom. The molecule has 1 heterocycles. The van der Waals surface area contributed by atoms with E-state index in [4.69, 9.17) is 5.84 Å². The van der Waals surface area contributed by atoms with Crippen molar-refractivity contribution in [2.45, 2.75) is 12.8 Å². The average molecular weight is 252 g/mol. The van der Waals surface area contributed by atoms with Gasteiger partial charge < -0.3 is 15.6 Å². The topological polar surface area (TPSA) is 96.2 Å². The van der Waals surface area contributed by atoms with Gasteiger partial charge in [-0.2, -0.15) is 0 Å². The quantitative estimate of drug-likeness (QED) is 0.354. The van der Waals surface area contributed by atoms with Crippen LogP contribution in [0.15, 0.2) is 12.4 Å². The fraction of sp³-hybridized carbons (Fsp3) is 0.545. The molecule has 4 N–H and O–H groups in total. The lowest BCUT2D eigenvalue weighted by molar-refractivity contribution is 0.0947. The van der Waals surface area contributed by atoms with Gasteiger partial charge in [-0.1, -0.05) is 0 Å². The first-order valence-electron chi connectivity index (χ1n) is 5.85. The smallest absolute Gasteiger partial charge is 0.271 e. The zero-order valence-electron chi connectivity index (χ0n) is 10.8. The van der Waals surface area contributed by atoms with E-state index < -0.39 is 0 Å². The molecule has 7 heteroatoms. The Bertz CT molecular complexity index is 382. The minimum absolute atomic E-state index is 0.232. The van der Waals surface area contributed by atoms with Gasteiger partial charge in [-0.05, 0) is 33.5 Å². The van der Waals surface area contributed by atoms with Crippen LogP contribution in [0.25, 0.3) is 0 Å². The molecular formula is C11H20N6O. The molecule has 0 aliphatic heterocycles. The summed E-state index contributed by atoms with van der Waals surface area (Å²) in [5, 5.41) is 2.80. The monoisotopic (exact) mass is 252 g/mol. The second-order valence-corrected chi connectivity index (χ2v) is 4.20. The fourth-order valence-electron chi connectivity index (χ4n) is 1.39. The van der Waals surface area contributed by atoms with Gasteiger partial charge in [0.15, 0.2) is 5.82 Å². The summed E-state index contributed by atoms with van der Waals surface area (Å²) in [6.45, 7) is 1.65. The van der Waals surface area contributed by atoms with Crippen LogP contribution in [0, 0.1) is 0 Å². The Labute approximate surface area is 107 Å². The van der Waals surface area contributed by atoms with Crippen LogP contribution in [-0.2, 0) is 0 Å². The molecule has 0 aromatic carbocycles. The number of unbranched alkanes of at least 4 members (excludes halogenated alkanes) is 1. The third-order valence-electron chi connectivity index (χ3n) is 2.33. The lowest BCUT2D eigenvalue weighted by Gasteiger charge is -2.09. The number of aromatic nitrogens is 2. The van der Waals surface area contributed by atoms with Crippen LogP contribution in [0.2, 0.25) is 0 Å². The van der Waals surface area contributed by atoms with Gasteiger partial charge in [-0.15, -0.1) is 0 Å². The van der Waals surface area contributed by atoms with Crippen molar-refractivity contribution in [1.82, 2.24) is 20.2 Å². The zero-order valence-corrected chi connectivity index (χ0v) is 10.8. The van der Waals surface area contributed by atoms with Crippen molar-refractivity contribution in [3.05, 3.63) is 18.1 Å². The molecule has 0 atom stereocenters. The van der Waals surface area contributed by atoms with E-state index in [0.717, 1.165) is 19.4 Å². The first kappa shape index (κ1) is 14.3.